The Morgan fingerprint density at radius 1 is 1.09 bits per heavy atom. The summed E-state index contributed by atoms with van der Waals surface area (Å²) in [6, 6.07) is 10.1. The third-order valence-electron chi connectivity index (χ3n) is 3.08. The van der Waals surface area contributed by atoms with Crippen LogP contribution in [0.25, 0.3) is 0 Å². The Morgan fingerprint density at radius 3 is 2.26 bits per heavy atom. The molecule has 0 bridgehead atoms. The maximum absolute atomic E-state index is 12.9. The van der Waals surface area contributed by atoms with Gasteiger partial charge < -0.3 is 0 Å². The number of hydrogen-bond donors (Lipinski definition) is 1. The van der Waals surface area contributed by atoms with Crippen LogP contribution in [-0.2, 0) is 0 Å². The van der Waals surface area contributed by atoms with Crippen LogP contribution in [0.4, 0.5) is 4.39 Å². The number of rotatable bonds is 2. The minimum atomic E-state index is -0.662. The van der Waals surface area contributed by atoms with Gasteiger partial charge in [0.25, 0.3) is 11.8 Å². The second kappa shape index (κ2) is 6.56. The van der Waals surface area contributed by atoms with Crippen molar-refractivity contribution in [2.75, 3.05) is 0 Å². The monoisotopic (exact) mass is 315 g/mol. The number of amides is 2. The molecule has 120 valence electrons. The summed E-state index contributed by atoms with van der Waals surface area (Å²) in [6.07, 6.45) is 1.51. The van der Waals surface area contributed by atoms with Gasteiger partial charge in [0.2, 0.25) is 0 Å². The Bertz CT molecular complexity index is 694. The first-order chi connectivity index (χ1) is 10.8. The van der Waals surface area contributed by atoms with Crippen molar-refractivity contribution in [1.82, 2.24) is 15.4 Å². The van der Waals surface area contributed by atoms with Crippen molar-refractivity contribution in [2.24, 2.45) is 0 Å². The molecule has 5 nitrogen and oxygen atoms in total. The van der Waals surface area contributed by atoms with E-state index in [1.54, 1.807) is 39.0 Å². The lowest BCUT2D eigenvalue weighted by Crippen LogP contribution is -2.56. The highest BCUT2D eigenvalue weighted by atomic mass is 19.1. The SMILES string of the molecule is CC(C)(C)N(NC(=O)c1ccc(F)cc1)C(=O)c1ccccn1. The van der Waals surface area contributed by atoms with Gasteiger partial charge in [-0.2, -0.15) is 0 Å². The Hall–Kier alpha value is -2.76. The third kappa shape index (κ3) is 4.12. The number of hydrazine groups is 1. The van der Waals surface area contributed by atoms with Crippen LogP contribution in [0, 0.1) is 5.82 Å². The summed E-state index contributed by atoms with van der Waals surface area (Å²) in [5.41, 5.74) is 2.39. The molecular weight excluding hydrogens is 297 g/mol. The fraction of sp³-hybridized carbons (Fsp3) is 0.235. The van der Waals surface area contributed by atoms with Gasteiger partial charge >= 0.3 is 0 Å². The highest BCUT2D eigenvalue weighted by Crippen LogP contribution is 2.15. The van der Waals surface area contributed by atoms with Crippen molar-refractivity contribution in [3.05, 3.63) is 65.7 Å². The first-order valence-corrected chi connectivity index (χ1v) is 7.11. The van der Waals surface area contributed by atoms with Gasteiger partial charge in [0, 0.05) is 11.8 Å². The molecule has 0 saturated heterocycles. The third-order valence-corrected chi connectivity index (χ3v) is 3.08. The Morgan fingerprint density at radius 2 is 1.74 bits per heavy atom. The summed E-state index contributed by atoms with van der Waals surface area (Å²) in [4.78, 5) is 28.9. The largest absolute Gasteiger partial charge is 0.291 e. The van der Waals surface area contributed by atoms with E-state index in [2.05, 4.69) is 10.4 Å². The molecule has 0 atom stereocenters. The summed E-state index contributed by atoms with van der Waals surface area (Å²) in [7, 11) is 0. The van der Waals surface area contributed by atoms with Gasteiger partial charge in [-0.1, -0.05) is 6.07 Å². The second-order valence-electron chi connectivity index (χ2n) is 5.97. The first kappa shape index (κ1) is 16.6. The smallest absolute Gasteiger partial charge is 0.267 e. The number of halogens is 1. The predicted molar refractivity (Wildman–Crippen MR) is 84.0 cm³/mol. The number of carbonyl (C=O) groups excluding carboxylic acids is 2. The molecule has 0 unspecified atom stereocenters. The maximum atomic E-state index is 12.9. The number of benzene rings is 1. The number of nitrogens with zero attached hydrogens (tertiary/aromatic N) is 2. The zero-order valence-electron chi connectivity index (χ0n) is 13.2. The molecule has 0 aliphatic heterocycles. The number of carbonyl (C=O) groups is 2. The van der Waals surface area contributed by atoms with E-state index in [1.807, 2.05) is 0 Å². The Kier molecular flexibility index (Phi) is 4.74. The van der Waals surface area contributed by atoms with Crippen molar-refractivity contribution in [1.29, 1.82) is 0 Å². The van der Waals surface area contributed by atoms with E-state index in [0.29, 0.717) is 0 Å². The van der Waals surface area contributed by atoms with Gasteiger partial charge in [0.1, 0.15) is 11.5 Å². The van der Waals surface area contributed by atoms with Crippen molar-refractivity contribution in [2.45, 2.75) is 26.3 Å². The summed E-state index contributed by atoms with van der Waals surface area (Å²) in [6.45, 7) is 5.37. The quantitative estimate of drug-likeness (QED) is 0.867. The summed E-state index contributed by atoms with van der Waals surface area (Å²) < 4.78 is 12.9. The average Bonchev–Trinajstić information content (AvgIpc) is 2.52. The van der Waals surface area contributed by atoms with E-state index < -0.39 is 23.2 Å². The summed E-state index contributed by atoms with van der Waals surface area (Å²) in [5.74, 6) is -1.35. The van der Waals surface area contributed by atoms with E-state index in [1.165, 1.54) is 35.5 Å². The van der Waals surface area contributed by atoms with Crippen LogP contribution in [0.2, 0.25) is 0 Å². The minimum absolute atomic E-state index is 0.224. The minimum Gasteiger partial charge on any atom is -0.267 e. The molecule has 2 amide bonds. The molecule has 2 aromatic rings. The van der Waals surface area contributed by atoms with Crippen molar-refractivity contribution in [3.8, 4) is 0 Å². The molecule has 0 fully saturated rings. The molecule has 1 aromatic carbocycles. The number of aromatic nitrogens is 1. The zero-order chi connectivity index (χ0) is 17.0. The second-order valence-corrected chi connectivity index (χ2v) is 5.97. The lowest BCUT2D eigenvalue weighted by atomic mass is 10.1. The molecule has 23 heavy (non-hydrogen) atoms. The van der Waals surface area contributed by atoms with E-state index in [-0.39, 0.29) is 11.3 Å². The first-order valence-electron chi connectivity index (χ1n) is 7.11. The van der Waals surface area contributed by atoms with Crippen LogP contribution in [0.15, 0.2) is 48.7 Å². The number of nitrogens with one attached hydrogen (secondary N) is 1. The van der Waals surface area contributed by atoms with Crippen molar-refractivity contribution in [3.63, 3.8) is 0 Å². The van der Waals surface area contributed by atoms with Crippen LogP contribution in [0.1, 0.15) is 41.6 Å². The Balaban J connectivity index is 2.24. The van der Waals surface area contributed by atoms with Crippen molar-refractivity contribution < 1.29 is 14.0 Å². The number of hydrogen-bond acceptors (Lipinski definition) is 3. The van der Waals surface area contributed by atoms with Crippen LogP contribution < -0.4 is 5.43 Å². The highest BCUT2D eigenvalue weighted by molar-refractivity contribution is 5.98. The topological polar surface area (TPSA) is 62.3 Å². The molecule has 0 spiro atoms. The molecule has 1 aromatic heterocycles. The highest BCUT2D eigenvalue weighted by Gasteiger charge is 2.30. The van der Waals surface area contributed by atoms with Gasteiger partial charge in [-0.25, -0.2) is 9.40 Å². The number of pyridine rings is 1. The van der Waals surface area contributed by atoms with Crippen LogP contribution >= 0.6 is 0 Å². The van der Waals surface area contributed by atoms with Gasteiger partial charge in [-0.3, -0.25) is 20.0 Å². The van der Waals surface area contributed by atoms with Crippen LogP contribution in [-0.4, -0.2) is 27.3 Å². The van der Waals surface area contributed by atoms with Crippen molar-refractivity contribution >= 4 is 11.8 Å². The van der Waals surface area contributed by atoms with Gasteiger partial charge in [0.05, 0.1) is 5.54 Å². The van der Waals surface area contributed by atoms with Crippen LogP contribution in [0.5, 0.6) is 0 Å². The lowest BCUT2D eigenvalue weighted by Gasteiger charge is -2.35. The molecule has 1 heterocycles. The fourth-order valence-electron chi connectivity index (χ4n) is 1.89. The van der Waals surface area contributed by atoms with E-state index in [9.17, 15) is 14.0 Å². The van der Waals surface area contributed by atoms with Crippen LogP contribution in [0.3, 0.4) is 0 Å². The van der Waals surface area contributed by atoms with E-state index in [4.69, 9.17) is 0 Å². The zero-order valence-corrected chi connectivity index (χ0v) is 13.2. The maximum Gasteiger partial charge on any atom is 0.291 e. The molecule has 0 aliphatic carbocycles. The standard InChI is InChI=1S/C17H18FN3O2/c1-17(2,3)21(16(23)14-6-4-5-11-19-14)20-15(22)12-7-9-13(18)10-8-12/h4-11H,1-3H3,(H,20,22). The fourth-order valence-corrected chi connectivity index (χ4v) is 1.89. The van der Waals surface area contributed by atoms with E-state index in [0.717, 1.165) is 0 Å². The molecule has 0 radical (unpaired) electrons. The summed E-state index contributed by atoms with van der Waals surface area (Å²) >= 11 is 0. The molecule has 0 saturated carbocycles. The van der Waals surface area contributed by atoms with Gasteiger partial charge in [0.15, 0.2) is 0 Å². The predicted octanol–water partition coefficient (Wildman–Crippen LogP) is 2.81. The average molecular weight is 315 g/mol. The molecule has 6 heteroatoms. The molecule has 2 rings (SSSR count). The molecular formula is C17H18FN3O2. The Labute approximate surface area is 134 Å². The summed E-state index contributed by atoms with van der Waals surface area (Å²) in [5, 5.41) is 1.22. The lowest BCUT2D eigenvalue weighted by molar-refractivity contribution is 0.0353. The molecule has 1 N–H and O–H groups in total. The molecule has 0 aliphatic rings. The van der Waals surface area contributed by atoms with E-state index >= 15 is 0 Å². The normalized spacial score (nSPS) is 11.0. The van der Waals surface area contributed by atoms with Gasteiger partial charge in [-0.15, -0.1) is 0 Å². The van der Waals surface area contributed by atoms with Gasteiger partial charge in [-0.05, 0) is 57.2 Å².